The molecule has 58 heavy (non-hydrogen) atoms. The molecule has 2 aromatic carbocycles. The maximum atomic E-state index is 14.5. The Morgan fingerprint density at radius 2 is 1.43 bits per heavy atom. The minimum atomic E-state index is -2.51. The van der Waals surface area contributed by atoms with Gasteiger partial charge in [0, 0.05) is 18.0 Å². The van der Waals surface area contributed by atoms with Crippen LogP contribution >= 0.6 is 0 Å². The topological polar surface area (TPSA) is 205 Å². The standard InChI is InChI=1S/C42H63N5O10Si/c1-23(2)36(46-40(52)53)38(50)43-27(9)37(49)44-30-16-14-28(15-17-30)29-18-31(22-48)47(21-29)39(51)32-19-34(55-13)35(20-33(32)45-41(54)56-42(10,11)12)57-58(24(3)4,25(5)6)26(7)8/h14-17,19-21,23-27,31,36,46,48H,18,22H2,1-13H3,(H,43,50)(H,44,49)(H,45,54)(H,52,53). The summed E-state index contributed by atoms with van der Waals surface area (Å²) in [5.41, 5.74) is 2.06. The van der Waals surface area contributed by atoms with Crippen LogP contribution in [-0.2, 0) is 14.3 Å². The number of carbonyl (C=O) groups is 5. The number of amides is 5. The van der Waals surface area contributed by atoms with Gasteiger partial charge >= 0.3 is 12.2 Å². The summed E-state index contributed by atoms with van der Waals surface area (Å²) in [5.74, 6) is -1.24. The maximum Gasteiger partial charge on any atom is 0.412 e. The molecule has 0 saturated carbocycles. The highest BCUT2D eigenvalue weighted by Crippen LogP contribution is 2.46. The zero-order valence-corrected chi connectivity index (χ0v) is 37.1. The predicted molar refractivity (Wildman–Crippen MR) is 227 cm³/mol. The maximum absolute atomic E-state index is 14.5. The predicted octanol–water partition coefficient (Wildman–Crippen LogP) is 7.58. The lowest BCUT2D eigenvalue weighted by Crippen LogP contribution is -2.53. The van der Waals surface area contributed by atoms with Gasteiger partial charge in [-0.25, -0.2) is 9.59 Å². The van der Waals surface area contributed by atoms with Crippen molar-refractivity contribution < 1.29 is 48.1 Å². The Balaban J connectivity index is 1.95. The molecule has 0 spiro atoms. The number of rotatable bonds is 16. The molecule has 1 heterocycles. The molecule has 320 valence electrons. The van der Waals surface area contributed by atoms with Gasteiger partial charge in [0.05, 0.1) is 31.0 Å². The molecule has 5 amide bonds. The van der Waals surface area contributed by atoms with Crippen molar-refractivity contribution in [2.45, 2.75) is 130 Å². The van der Waals surface area contributed by atoms with Gasteiger partial charge in [-0.1, -0.05) is 67.5 Å². The van der Waals surface area contributed by atoms with Crippen molar-refractivity contribution in [2.75, 3.05) is 24.4 Å². The fraction of sp³-hybridized carbons (Fsp3) is 0.548. The minimum absolute atomic E-state index is 0.106. The van der Waals surface area contributed by atoms with Crippen molar-refractivity contribution in [2.24, 2.45) is 5.92 Å². The Morgan fingerprint density at radius 1 is 0.845 bits per heavy atom. The first-order valence-corrected chi connectivity index (χ1v) is 21.9. The highest BCUT2D eigenvalue weighted by molar-refractivity contribution is 6.78. The lowest BCUT2D eigenvalue weighted by Gasteiger charge is -2.42. The second kappa shape index (κ2) is 19.6. The summed E-state index contributed by atoms with van der Waals surface area (Å²) in [6.45, 7) is 22.7. The van der Waals surface area contributed by atoms with E-state index < -0.39 is 62.0 Å². The molecule has 3 atom stereocenters. The van der Waals surface area contributed by atoms with Crippen LogP contribution in [0.4, 0.5) is 21.0 Å². The van der Waals surface area contributed by atoms with E-state index in [4.69, 9.17) is 19.0 Å². The molecular weight excluding hydrogens is 763 g/mol. The van der Waals surface area contributed by atoms with Crippen LogP contribution in [0.25, 0.3) is 5.57 Å². The third kappa shape index (κ3) is 11.5. The van der Waals surface area contributed by atoms with Gasteiger partial charge in [-0.3, -0.25) is 19.7 Å². The zero-order chi connectivity index (χ0) is 43.9. The SMILES string of the molecule is COc1cc(C(=O)N2C=C(c3ccc(NC(=O)C(C)NC(=O)C(NC(=O)O)C(C)C)cc3)CC2CO)c(NC(=O)OC(C)(C)C)cc1O[Si](C(C)C)(C(C)C)C(C)C. The van der Waals surface area contributed by atoms with Gasteiger partial charge < -0.3 is 45.0 Å². The van der Waals surface area contributed by atoms with Crippen LogP contribution in [0.2, 0.25) is 16.6 Å². The van der Waals surface area contributed by atoms with E-state index >= 15 is 0 Å². The Kier molecular flexibility index (Phi) is 16.0. The average molecular weight is 826 g/mol. The summed E-state index contributed by atoms with van der Waals surface area (Å²) in [6, 6.07) is 7.41. The lowest BCUT2D eigenvalue weighted by molar-refractivity contribution is -0.128. The molecule has 0 aromatic heterocycles. The first kappa shape index (κ1) is 47.3. The number of aliphatic hydroxyl groups is 1. The summed E-state index contributed by atoms with van der Waals surface area (Å²) in [7, 11) is -1.02. The summed E-state index contributed by atoms with van der Waals surface area (Å²) < 4.78 is 18.4. The molecule has 0 bridgehead atoms. The third-order valence-electron chi connectivity index (χ3n) is 10.3. The van der Waals surface area contributed by atoms with Crippen molar-refractivity contribution in [1.29, 1.82) is 0 Å². The Hall–Kier alpha value is -5.09. The number of ether oxygens (including phenoxy) is 2. The van der Waals surface area contributed by atoms with E-state index in [1.165, 1.54) is 18.9 Å². The number of benzene rings is 2. The molecule has 3 unspecified atom stereocenters. The van der Waals surface area contributed by atoms with Crippen molar-refractivity contribution in [1.82, 2.24) is 15.5 Å². The number of hydrogen-bond acceptors (Lipinski definition) is 9. The number of hydrogen-bond donors (Lipinski definition) is 6. The highest BCUT2D eigenvalue weighted by atomic mass is 28.4. The molecule has 16 heteroatoms. The molecule has 2 aromatic rings. The zero-order valence-electron chi connectivity index (χ0n) is 36.1. The molecule has 1 aliphatic rings. The fourth-order valence-electron chi connectivity index (χ4n) is 7.48. The molecule has 0 fully saturated rings. The summed E-state index contributed by atoms with van der Waals surface area (Å²) in [4.78, 5) is 65.8. The van der Waals surface area contributed by atoms with Crippen LogP contribution in [0, 0.1) is 5.92 Å². The number of nitrogens with one attached hydrogen (secondary N) is 4. The van der Waals surface area contributed by atoms with Crippen LogP contribution in [0.5, 0.6) is 11.5 Å². The fourth-order valence-corrected chi connectivity index (χ4v) is 12.7. The van der Waals surface area contributed by atoms with Crippen molar-refractivity contribution >= 4 is 55.2 Å². The lowest BCUT2D eigenvalue weighted by atomic mass is 10.0. The smallest absolute Gasteiger partial charge is 0.412 e. The first-order valence-electron chi connectivity index (χ1n) is 19.7. The van der Waals surface area contributed by atoms with E-state index in [1.807, 2.05) is 0 Å². The van der Waals surface area contributed by atoms with Crippen molar-refractivity contribution in [3.63, 3.8) is 0 Å². The number of nitrogens with zero attached hydrogens (tertiary/aromatic N) is 1. The quantitative estimate of drug-likeness (QED) is 0.0916. The monoisotopic (exact) mass is 825 g/mol. The van der Waals surface area contributed by atoms with Crippen LogP contribution in [0.1, 0.15) is 105 Å². The molecule has 6 N–H and O–H groups in total. The molecular formula is C42H63N5O10Si. The molecule has 15 nitrogen and oxygen atoms in total. The van der Waals surface area contributed by atoms with E-state index in [2.05, 4.69) is 62.8 Å². The van der Waals surface area contributed by atoms with Crippen LogP contribution in [0.15, 0.2) is 42.6 Å². The van der Waals surface area contributed by atoms with Gasteiger partial charge in [-0.2, -0.15) is 0 Å². The van der Waals surface area contributed by atoms with Crippen LogP contribution in [-0.4, -0.2) is 90.8 Å². The normalized spacial score (nSPS) is 15.5. The van der Waals surface area contributed by atoms with E-state index in [0.717, 1.165) is 11.1 Å². The van der Waals surface area contributed by atoms with Gasteiger partial charge in [0.2, 0.25) is 11.8 Å². The first-order chi connectivity index (χ1) is 26.9. The second-order valence-electron chi connectivity index (χ2n) is 17.0. The largest absolute Gasteiger partial charge is 0.540 e. The van der Waals surface area contributed by atoms with E-state index in [0.29, 0.717) is 23.6 Å². The minimum Gasteiger partial charge on any atom is -0.540 e. The van der Waals surface area contributed by atoms with Crippen molar-refractivity contribution in [3.8, 4) is 11.5 Å². The van der Waals surface area contributed by atoms with E-state index in [1.54, 1.807) is 77.2 Å². The van der Waals surface area contributed by atoms with Gasteiger partial charge in [-0.15, -0.1) is 0 Å². The second-order valence-corrected chi connectivity index (χ2v) is 22.3. The van der Waals surface area contributed by atoms with Gasteiger partial charge in [-0.05, 0) is 86.0 Å². The molecule has 3 rings (SSSR count). The van der Waals surface area contributed by atoms with Crippen LogP contribution < -0.4 is 30.4 Å². The summed E-state index contributed by atoms with van der Waals surface area (Å²) >= 11 is 0. The van der Waals surface area contributed by atoms with Crippen LogP contribution in [0.3, 0.4) is 0 Å². The van der Waals surface area contributed by atoms with E-state index in [-0.39, 0.29) is 40.4 Å². The molecule has 1 aliphatic heterocycles. The Bertz CT molecular complexity index is 1820. The molecule has 0 saturated heterocycles. The molecule has 0 radical (unpaired) electrons. The number of carbonyl (C=O) groups excluding carboxylic acids is 4. The summed E-state index contributed by atoms with van der Waals surface area (Å²) in [6.07, 6.45) is -0.124. The Morgan fingerprint density at radius 3 is 1.91 bits per heavy atom. The van der Waals surface area contributed by atoms with Gasteiger partial charge in [0.1, 0.15) is 23.4 Å². The van der Waals surface area contributed by atoms with Crippen molar-refractivity contribution in [3.05, 3.63) is 53.7 Å². The number of aliphatic hydroxyl groups excluding tert-OH is 1. The number of methoxy groups -OCH3 is 1. The summed E-state index contributed by atoms with van der Waals surface area (Å²) in [5, 5.41) is 29.8. The number of carboxylic acid groups (broad SMARTS) is 1. The number of anilines is 2. The average Bonchev–Trinajstić information content (AvgIpc) is 3.56. The van der Waals surface area contributed by atoms with Gasteiger partial charge in [0.15, 0.2) is 5.75 Å². The third-order valence-corrected chi connectivity index (χ3v) is 16.2. The Labute approximate surface area is 343 Å². The molecule has 0 aliphatic carbocycles. The highest BCUT2D eigenvalue weighted by Gasteiger charge is 2.47. The van der Waals surface area contributed by atoms with Gasteiger partial charge in [0.25, 0.3) is 14.2 Å². The van der Waals surface area contributed by atoms with E-state index in [9.17, 15) is 29.1 Å².